The number of nitriles is 1. The van der Waals surface area contributed by atoms with E-state index in [2.05, 4.69) is 10.2 Å². The van der Waals surface area contributed by atoms with Crippen molar-refractivity contribution in [1.29, 1.82) is 5.26 Å². The van der Waals surface area contributed by atoms with Crippen LogP contribution in [-0.2, 0) is 20.8 Å². The predicted molar refractivity (Wildman–Crippen MR) is 130 cm³/mol. The molecule has 15 heteroatoms. The fourth-order valence-corrected chi connectivity index (χ4v) is 4.90. The summed E-state index contributed by atoms with van der Waals surface area (Å²) in [6.07, 6.45) is -3.96. The van der Waals surface area contributed by atoms with Crippen LogP contribution in [0.1, 0.15) is 29.7 Å². The summed E-state index contributed by atoms with van der Waals surface area (Å²) in [4.78, 5) is 42.3. The lowest BCUT2D eigenvalue weighted by Crippen LogP contribution is -2.55. The number of urea groups is 2. The molecule has 0 radical (unpaired) electrons. The molecule has 0 saturated carbocycles. The number of alkyl halides is 3. The van der Waals surface area contributed by atoms with Crippen LogP contribution in [0.3, 0.4) is 0 Å². The van der Waals surface area contributed by atoms with Gasteiger partial charge in [0.15, 0.2) is 9.84 Å². The summed E-state index contributed by atoms with van der Waals surface area (Å²) in [5.74, 6) is -0.994. The molecule has 2 aromatic rings. The molecule has 0 aromatic heterocycles. The molecule has 0 unspecified atom stereocenters. The minimum atomic E-state index is -4.77. The summed E-state index contributed by atoms with van der Waals surface area (Å²) in [5, 5.41) is 11.3. The average Bonchev–Trinajstić information content (AvgIpc) is 2.85. The van der Waals surface area contributed by atoms with E-state index in [1.807, 2.05) is 0 Å². The first-order chi connectivity index (χ1) is 18.1. The monoisotopic (exact) mass is 560 g/mol. The highest BCUT2D eigenvalue weighted by atomic mass is 32.2. The molecule has 0 aliphatic carbocycles. The number of anilines is 1. The van der Waals surface area contributed by atoms with Crippen molar-refractivity contribution in [3.63, 3.8) is 0 Å². The van der Waals surface area contributed by atoms with Crippen LogP contribution in [0.4, 0.5) is 28.4 Å². The molecule has 3 rings (SSSR count). The highest BCUT2D eigenvalue weighted by Gasteiger charge is 2.45. The van der Waals surface area contributed by atoms with Gasteiger partial charge in [-0.05, 0) is 42.8 Å². The Morgan fingerprint density at radius 2 is 1.90 bits per heavy atom. The molecule has 0 saturated heterocycles. The smallest absolute Gasteiger partial charge is 0.368 e. The van der Waals surface area contributed by atoms with E-state index in [0.717, 1.165) is 36.6 Å². The van der Waals surface area contributed by atoms with E-state index in [0.29, 0.717) is 15.9 Å². The SMILES string of the molecule is [C-]#[N+]C1=C(C)N(c2cccc(C(F)(F)F)c2)C(=O)N(C(=O)NCC(N)=O)[C@@H]1c1ccc(C#N)cc1S(C)(=O)=O. The third-order valence-corrected chi connectivity index (χ3v) is 6.79. The number of carbonyl (C=O) groups excluding carboxylic acids is 3. The molecule has 1 heterocycles. The van der Waals surface area contributed by atoms with E-state index in [1.54, 1.807) is 6.07 Å². The number of nitrogens with two attached hydrogens (primary N) is 1. The molecule has 0 fully saturated rings. The number of primary amides is 1. The van der Waals surface area contributed by atoms with Crippen molar-refractivity contribution in [2.75, 3.05) is 17.7 Å². The highest BCUT2D eigenvalue weighted by Crippen LogP contribution is 2.43. The number of halogens is 3. The van der Waals surface area contributed by atoms with E-state index < -0.39 is 57.0 Å². The van der Waals surface area contributed by atoms with E-state index in [4.69, 9.17) is 12.3 Å². The molecule has 0 spiro atoms. The lowest BCUT2D eigenvalue weighted by Gasteiger charge is -2.41. The van der Waals surface area contributed by atoms with Gasteiger partial charge in [0.2, 0.25) is 11.6 Å². The van der Waals surface area contributed by atoms with Crippen LogP contribution in [0.5, 0.6) is 0 Å². The summed E-state index contributed by atoms with van der Waals surface area (Å²) >= 11 is 0. The van der Waals surface area contributed by atoms with Crippen LogP contribution in [-0.4, -0.2) is 44.1 Å². The number of benzene rings is 2. The van der Waals surface area contributed by atoms with Crippen molar-refractivity contribution in [2.24, 2.45) is 5.73 Å². The molecule has 202 valence electrons. The second kappa shape index (κ2) is 10.5. The quantitative estimate of drug-likeness (QED) is 0.534. The molecule has 39 heavy (non-hydrogen) atoms. The van der Waals surface area contributed by atoms with Gasteiger partial charge in [-0.1, -0.05) is 12.1 Å². The summed E-state index contributed by atoms with van der Waals surface area (Å²) in [7, 11) is -4.10. The van der Waals surface area contributed by atoms with Gasteiger partial charge in [-0.15, -0.1) is 0 Å². The zero-order valence-corrected chi connectivity index (χ0v) is 21.1. The van der Waals surface area contributed by atoms with E-state index in [1.165, 1.54) is 13.0 Å². The van der Waals surface area contributed by atoms with E-state index in [-0.39, 0.29) is 28.2 Å². The molecule has 3 N–H and O–H groups in total. The Morgan fingerprint density at radius 1 is 1.23 bits per heavy atom. The maximum absolute atomic E-state index is 13.8. The summed E-state index contributed by atoms with van der Waals surface area (Å²) in [6.45, 7) is 8.29. The van der Waals surface area contributed by atoms with Crippen LogP contribution < -0.4 is 16.0 Å². The molecular formula is C24H19F3N6O5S. The number of sulfone groups is 1. The number of amides is 5. The van der Waals surface area contributed by atoms with Gasteiger partial charge in [-0.2, -0.15) is 18.4 Å². The van der Waals surface area contributed by atoms with Crippen molar-refractivity contribution >= 4 is 33.5 Å². The topological polar surface area (TPSA) is 158 Å². The van der Waals surface area contributed by atoms with Gasteiger partial charge in [-0.25, -0.2) is 27.8 Å². The number of nitrogens with zero attached hydrogens (tertiary/aromatic N) is 4. The van der Waals surface area contributed by atoms with Gasteiger partial charge in [0.1, 0.15) is 6.04 Å². The number of carbonyl (C=O) groups is 3. The number of nitrogens with one attached hydrogen (secondary N) is 1. The normalized spacial score (nSPS) is 16.0. The number of hydrogen-bond acceptors (Lipinski definition) is 6. The molecule has 5 amide bonds. The summed E-state index contributed by atoms with van der Waals surface area (Å²) in [6, 6.07) is 4.53. The Kier molecular flexibility index (Phi) is 7.70. The van der Waals surface area contributed by atoms with Gasteiger partial charge in [0.25, 0.3) is 0 Å². The van der Waals surface area contributed by atoms with Crippen molar-refractivity contribution in [3.05, 3.63) is 82.0 Å². The van der Waals surface area contributed by atoms with Gasteiger partial charge < -0.3 is 11.1 Å². The second-order valence-corrected chi connectivity index (χ2v) is 10.3. The van der Waals surface area contributed by atoms with E-state index in [9.17, 15) is 41.2 Å². The fourth-order valence-electron chi connectivity index (χ4n) is 3.95. The number of allylic oxidation sites excluding steroid dienone is 1. The molecule has 0 bridgehead atoms. The molecule has 2 aromatic carbocycles. The van der Waals surface area contributed by atoms with Gasteiger partial charge in [-0.3, -0.25) is 9.69 Å². The lowest BCUT2D eigenvalue weighted by molar-refractivity contribution is -0.137. The minimum Gasteiger partial charge on any atom is -0.368 e. The minimum absolute atomic E-state index is 0.0679. The lowest BCUT2D eigenvalue weighted by atomic mass is 9.97. The van der Waals surface area contributed by atoms with E-state index >= 15 is 0 Å². The molecule has 1 atom stereocenters. The zero-order chi connectivity index (χ0) is 29.3. The molecule has 11 nitrogen and oxygen atoms in total. The maximum Gasteiger partial charge on any atom is 0.416 e. The Balaban J connectivity index is 2.36. The first-order valence-corrected chi connectivity index (χ1v) is 12.7. The van der Waals surface area contributed by atoms with Crippen molar-refractivity contribution in [1.82, 2.24) is 10.2 Å². The standard InChI is InChI=1S/C24H19F3N6O5S/c1-13-20(30-2)21(17-8-7-14(11-28)9-18(17)39(3,37)38)33(22(35)31-12-19(29)34)23(36)32(13)16-6-4-5-15(10-16)24(25,26)27/h4-10,21H,12H2,1,3H3,(H2,29,34)(H,31,35)/t21-/m1/s1. The number of hydrogen-bond donors (Lipinski definition) is 2. The highest BCUT2D eigenvalue weighted by molar-refractivity contribution is 7.90. The van der Waals surface area contributed by atoms with Gasteiger partial charge >= 0.3 is 18.2 Å². The second-order valence-electron chi connectivity index (χ2n) is 8.28. The largest absolute Gasteiger partial charge is 0.416 e. The molecule has 1 aliphatic rings. The Labute approximate surface area is 220 Å². The first-order valence-electron chi connectivity index (χ1n) is 10.8. The van der Waals surface area contributed by atoms with Crippen molar-refractivity contribution < 1.29 is 36.0 Å². The molecular weight excluding hydrogens is 541 g/mol. The Bertz CT molecular complexity index is 1610. The van der Waals surface area contributed by atoms with Crippen LogP contribution >= 0.6 is 0 Å². The summed E-state index contributed by atoms with van der Waals surface area (Å²) in [5.41, 5.74) is 2.78. The van der Waals surface area contributed by atoms with Crippen molar-refractivity contribution in [2.45, 2.75) is 24.0 Å². The third kappa shape index (κ3) is 5.68. The van der Waals surface area contributed by atoms with Gasteiger partial charge in [0.05, 0.1) is 35.2 Å². The zero-order valence-electron chi connectivity index (χ0n) is 20.3. The Hall–Kier alpha value is -4.89. The predicted octanol–water partition coefficient (Wildman–Crippen LogP) is 3.31. The summed E-state index contributed by atoms with van der Waals surface area (Å²) < 4.78 is 65.5. The first kappa shape index (κ1) is 28.7. The number of rotatable bonds is 5. The van der Waals surface area contributed by atoms with Crippen LogP contribution in [0, 0.1) is 17.9 Å². The van der Waals surface area contributed by atoms with Crippen LogP contribution in [0.15, 0.2) is 58.8 Å². The van der Waals surface area contributed by atoms with Crippen molar-refractivity contribution in [3.8, 4) is 6.07 Å². The number of imide groups is 1. The fraction of sp³-hybridized carbons (Fsp3) is 0.208. The van der Waals surface area contributed by atoms with Gasteiger partial charge in [0, 0.05) is 17.6 Å². The Morgan fingerprint density at radius 3 is 2.44 bits per heavy atom. The maximum atomic E-state index is 13.8. The third-order valence-electron chi connectivity index (χ3n) is 5.64. The van der Waals surface area contributed by atoms with Crippen LogP contribution in [0.25, 0.3) is 4.85 Å². The molecule has 1 aliphatic heterocycles. The van der Waals surface area contributed by atoms with Crippen LogP contribution in [0.2, 0.25) is 0 Å². The average molecular weight is 561 g/mol.